The Kier molecular flexibility index (Phi) is 11.5. The van der Waals surface area contributed by atoms with Crippen molar-refractivity contribution in [2.75, 3.05) is 13.7 Å². The van der Waals surface area contributed by atoms with Crippen LogP contribution in [0.1, 0.15) is 63.9 Å². The summed E-state index contributed by atoms with van der Waals surface area (Å²) in [6.45, 7) is 9.65. The number of ether oxygens (including phenoxy) is 5. The number of cyclic esters (lactones) is 2. The van der Waals surface area contributed by atoms with Gasteiger partial charge in [-0.25, -0.2) is 14.6 Å². The van der Waals surface area contributed by atoms with E-state index in [4.69, 9.17) is 23.7 Å². The molecule has 1 aliphatic rings. The normalized spacial score (nSPS) is 19.6. The molecule has 48 heavy (non-hydrogen) atoms. The molecule has 4 rings (SSSR count). The molecule has 1 saturated heterocycles. The van der Waals surface area contributed by atoms with Crippen LogP contribution in [0.3, 0.4) is 0 Å². The Bertz CT molecular complexity index is 1660. The second-order valence-electron chi connectivity index (χ2n) is 12.0. The number of carbonyl (C=O) groups excluding carboxylic acids is 5. The summed E-state index contributed by atoms with van der Waals surface area (Å²) in [7, 11) is 1.33. The predicted octanol–water partition coefficient (Wildman–Crippen LogP) is 4.25. The second-order valence-corrected chi connectivity index (χ2v) is 12.0. The number of esters is 4. The number of benzene rings is 2. The lowest BCUT2D eigenvalue weighted by molar-refractivity contribution is -0.176. The van der Waals surface area contributed by atoms with Gasteiger partial charge in [-0.2, -0.15) is 0 Å². The monoisotopic (exact) mass is 660 g/mol. The second kappa shape index (κ2) is 15.6. The first-order chi connectivity index (χ1) is 22.8. The summed E-state index contributed by atoms with van der Waals surface area (Å²) < 4.78 is 28.0. The molecule has 1 aliphatic heterocycles. The molecule has 0 spiro atoms. The molecule has 0 bridgehead atoms. The molecule has 3 aromatic rings. The number of hydrogen-bond donors (Lipinski definition) is 1. The molecule has 1 aromatic heterocycles. The minimum atomic E-state index is -1.49. The maximum atomic E-state index is 13.6. The van der Waals surface area contributed by atoms with E-state index in [0.29, 0.717) is 16.7 Å². The number of hydrogen-bond acceptors (Lipinski definition) is 11. The van der Waals surface area contributed by atoms with Crippen LogP contribution in [-0.2, 0) is 35.0 Å². The highest BCUT2D eigenvalue weighted by atomic mass is 16.6. The highest BCUT2D eigenvalue weighted by molar-refractivity contribution is 6.01. The Balaban J connectivity index is 1.61. The highest BCUT2D eigenvalue weighted by Crippen LogP contribution is 2.32. The van der Waals surface area contributed by atoms with Crippen LogP contribution in [0.5, 0.6) is 11.5 Å². The number of aryl methyl sites for hydroxylation is 3. The van der Waals surface area contributed by atoms with E-state index in [1.165, 1.54) is 26.3 Å². The number of pyridine rings is 1. The van der Waals surface area contributed by atoms with Crippen molar-refractivity contribution < 1.29 is 47.7 Å². The molecule has 0 saturated carbocycles. The summed E-state index contributed by atoms with van der Waals surface area (Å²) in [5.41, 5.74) is 3.06. The van der Waals surface area contributed by atoms with E-state index in [2.05, 4.69) is 10.3 Å². The fraction of sp³-hybridized carbons (Fsp3) is 0.389. The maximum Gasteiger partial charge on any atom is 0.344 e. The van der Waals surface area contributed by atoms with E-state index in [9.17, 15) is 24.0 Å². The molecule has 1 N–H and O–H groups in total. The lowest BCUT2D eigenvalue weighted by Gasteiger charge is -2.29. The zero-order valence-electron chi connectivity index (χ0n) is 28.0. The zero-order valence-corrected chi connectivity index (χ0v) is 28.0. The Labute approximate surface area is 279 Å². The smallest absolute Gasteiger partial charge is 0.344 e. The first-order valence-electron chi connectivity index (χ1n) is 15.6. The molecule has 12 heteroatoms. The van der Waals surface area contributed by atoms with Crippen LogP contribution in [0.15, 0.2) is 54.7 Å². The Morgan fingerprint density at radius 1 is 1.00 bits per heavy atom. The Morgan fingerprint density at radius 2 is 1.67 bits per heavy atom. The summed E-state index contributed by atoms with van der Waals surface area (Å²) in [4.78, 5) is 70.7. The molecule has 0 unspecified atom stereocenters. The fourth-order valence-electron chi connectivity index (χ4n) is 5.47. The summed E-state index contributed by atoms with van der Waals surface area (Å²) in [5.74, 6) is -5.70. The molecule has 4 atom stereocenters. The lowest BCUT2D eigenvalue weighted by Crippen LogP contribution is -2.47. The number of aromatic nitrogens is 1. The maximum absolute atomic E-state index is 13.6. The van der Waals surface area contributed by atoms with Gasteiger partial charge in [-0.3, -0.25) is 14.4 Å². The van der Waals surface area contributed by atoms with Gasteiger partial charge in [0.2, 0.25) is 5.75 Å². The van der Waals surface area contributed by atoms with Gasteiger partial charge in [-0.15, -0.1) is 0 Å². The number of amides is 1. The highest BCUT2D eigenvalue weighted by Gasteiger charge is 2.42. The zero-order chi connectivity index (χ0) is 35.1. The summed E-state index contributed by atoms with van der Waals surface area (Å²) in [5, 5.41) is 2.49. The Hall–Kier alpha value is -5.26. The first-order valence-corrected chi connectivity index (χ1v) is 15.6. The largest absolute Gasteiger partial charge is 0.493 e. The van der Waals surface area contributed by atoms with E-state index < -0.39 is 66.5 Å². The third kappa shape index (κ3) is 8.36. The number of nitrogens with one attached hydrogen (secondary N) is 1. The van der Waals surface area contributed by atoms with Gasteiger partial charge in [0.1, 0.15) is 18.6 Å². The van der Waals surface area contributed by atoms with Crippen molar-refractivity contribution >= 4 is 29.8 Å². The van der Waals surface area contributed by atoms with E-state index in [-0.39, 0.29) is 23.6 Å². The third-order valence-corrected chi connectivity index (χ3v) is 7.85. The third-order valence-electron chi connectivity index (χ3n) is 7.85. The molecular weight excluding hydrogens is 620 g/mol. The predicted molar refractivity (Wildman–Crippen MR) is 173 cm³/mol. The van der Waals surface area contributed by atoms with Crippen LogP contribution in [0.2, 0.25) is 0 Å². The van der Waals surface area contributed by atoms with Gasteiger partial charge in [0.05, 0.1) is 18.6 Å². The SMILES string of the molecule is COc1ccnc(C(=O)N[C@H]2COC(=O)[C@H](Cc3ccccc3)[C@@H](OC(=O)C(C)C)[C@H](C)OC2=O)c1OC(=O)c1c(C)cc(C)cc1C. The van der Waals surface area contributed by atoms with Crippen LogP contribution < -0.4 is 14.8 Å². The van der Waals surface area contributed by atoms with E-state index in [1.54, 1.807) is 39.8 Å². The molecular formula is C36H40N2O10. The van der Waals surface area contributed by atoms with Gasteiger partial charge in [0, 0.05) is 12.3 Å². The van der Waals surface area contributed by atoms with Crippen LogP contribution in [-0.4, -0.2) is 66.7 Å². The average molecular weight is 661 g/mol. The average Bonchev–Trinajstić information content (AvgIpc) is 3.06. The van der Waals surface area contributed by atoms with E-state index >= 15 is 0 Å². The van der Waals surface area contributed by atoms with Crippen molar-refractivity contribution in [2.24, 2.45) is 11.8 Å². The molecule has 1 fully saturated rings. The van der Waals surface area contributed by atoms with Gasteiger partial charge >= 0.3 is 23.9 Å². The number of methoxy groups -OCH3 is 1. The van der Waals surface area contributed by atoms with Crippen molar-refractivity contribution in [2.45, 2.75) is 66.2 Å². The van der Waals surface area contributed by atoms with Crippen molar-refractivity contribution in [3.63, 3.8) is 0 Å². The first kappa shape index (κ1) is 35.6. The summed E-state index contributed by atoms with van der Waals surface area (Å²) in [6, 6.07) is 12.7. The van der Waals surface area contributed by atoms with E-state index in [1.807, 2.05) is 37.3 Å². The molecule has 2 heterocycles. The van der Waals surface area contributed by atoms with Crippen molar-refractivity contribution in [1.29, 1.82) is 0 Å². The quantitative estimate of drug-likeness (QED) is 0.259. The number of carbonyl (C=O) groups is 5. The van der Waals surface area contributed by atoms with Crippen LogP contribution >= 0.6 is 0 Å². The van der Waals surface area contributed by atoms with Gasteiger partial charge in [-0.05, 0) is 50.8 Å². The molecule has 1 amide bonds. The van der Waals surface area contributed by atoms with Crippen LogP contribution in [0.4, 0.5) is 0 Å². The van der Waals surface area contributed by atoms with Crippen molar-refractivity contribution in [3.05, 3.63) is 88.2 Å². The molecule has 2 aromatic carbocycles. The van der Waals surface area contributed by atoms with Crippen LogP contribution in [0.25, 0.3) is 0 Å². The number of nitrogens with zero attached hydrogens (tertiary/aromatic N) is 1. The standard InChI is InChI=1S/C36H40N2O10/c1-19(2)33(40)47-30-23(6)46-35(42)26(18-45-34(41)25(30)17-24-11-9-8-10-12-24)38-32(39)29-31(27(44-7)13-14-37-29)48-36(43)28-21(4)15-20(3)16-22(28)5/h8-16,19,23,25-26,30H,17-18H2,1-7H3,(H,38,39)/t23-,25+,26-,30-/m0/s1. The topological polar surface area (TPSA) is 156 Å². The molecule has 0 aliphatic carbocycles. The van der Waals surface area contributed by atoms with Crippen molar-refractivity contribution in [3.8, 4) is 11.5 Å². The molecule has 254 valence electrons. The van der Waals surface area contributed by atoms with Crippen LogP contribution in [0, 0.1) is 32.6 Å². The van der Waals surface area contributed by atoms with Gasteiger partial charge in [0.15, 0.2) is 23.6 Å². The van der Waals surface area contributed by atoms with Gasteiger partial charge in [-0.1, -0.05) is 61.9 Å². The lowest BCUT2D eigenvalue weighted by atomic mass is 9.91. The molecule has 0 radical (unpaired) electrons. The van der Waals surface area contributed by atoms with E-state index in [0.717, 1.165) is 11.1 Å². The van der Waals surface area contributed by atoms with Gasteiger partial charge in [0.25, 0.3) is 5.91 Å². The Morgan fingerprint density at radius 3 is 2.29 bits per heavy atom. The molecule has 12 nitrogen and oxygen atoms in total. The fourth-order valence-corrected chi connectivity index (χ4v) is 5.47. The minimum Gasteiger partial charge on any atom is -0.493 e. The van der Waals surface area contributed by atoms with Crippen molar-refractivity contribution in [1.82, 2.24) is 10.3 Å². The summed E-state index contributed by atoms with van der Waals surface area (Å²) >= 11 is 0. The van der Waals surface area contributed by atoms with Gasteiger partial charge < -0.3 is 29.0 Å². The summed E-state index contributed by atoms with van der Waals surface area (Å²) in [6.07, 6.45) is -0.854. The minimum absolute atomic E-state index is 0.0431. The number of rotatable bonds is 9.